The van der Waals surface area contributed by atoms with E-state index in [1.54, 1.807) is 12.1 Å². The van der Waals surface area contributed by atoms with E-state index in [1.807, 2.05) is 11.5 Å². The van der Waals surface area contributed by atoms with Crippen LogP contribution < -0.4 is 4.80 Å². The maximum atomic E-state index is 12.6. The summed E-state index contributed by atoms with van der Waals surface area (Å²) in [6, 6.07) is 10.2. The normalized spacial score (nSPS) is 12.4. The quantitative estimate of drug-likeness (QED) is 0.466. The molecule has 0 aliphatic heterocycles. The number of benzene rings is 2. The number of hydrogen-bond donors (Lipinski definition) is 0. The highest BCUT2D eigenvalue weighted by molar-refractivity contribution is 7.90. The number of sulfone groups is 1. The molecule has 2 aromatic carbocycles. The smallest absolute Gasteiger partial charge is 0.279 e. The maximum absolute atomic E-state index is 12.6. The van der Waals surface area contributed by atoms with Gasteiger partial charge in [-0.1, -0.05) is 24.3 Å². The number of aromatic nitrogens is 1. The first kappa shape index (κ1) is 19.9. The summed E-state index contributed by atoms with van der Waals surface area (Å²) in [5, 5.41) is 10.9. The number of nitrogens with zero attached hydrogens (tertiary/aromatic N) is 3. The SMILES string of the molecule is CCCn1c(=NC(=O)c2cccc([N+](=O)[O-])c2)sc2cc(S(C)(=O)=O)ccc21. The van der Waals surface area contributed by atoms with E-state index in [-0.39, 0.29) is 16.1 Å². The van der Waals surface area contributed by atoms with E-state index in [2.05, 4.69) is 4.99 Å². The van der Waals surface area contributed by atoms with Gasteiger partial charge in [0, 0.05) is 30.5 Å². The Morgan fingerprint density at radius 3 is 2.64 bits per heavy atom. The van der Waals surface area contributed by atoms with Crippen molar-refractivity contribution in [2.75, 3.05) is 6.26 Å². The summed E-state index contributed by atoms with van der Waals surface area (Å²) in [6.07, 6.45) is 1.93. The fourth-order valence-electron chi connectivity index (χ4n) is 2.71. The summed E-state index contributed by atoms with van der Waals surface area (Å²) in [6.45, 7) is 2.58. The van der Waals surface area contributed by atoms with Crippen molar-refractivity contribution in [2.24, 2.45) is 4.99 Å². The van der Waals surface area contributed by atoms with Gasteiger partial charge in [0.2, 0.25) is 0 Å². The fourth-order valence-corrected chi connectivity index (χ4v) is 4.53. The minimum absolute atomic E-state index is 0.117. The molecule has 10 heteroatoms. The van der Waals surface area contributed by atoms with Crippen molar-refractivity contribution in [2.45, 2.75) is 24.8 Å². The van der Waals surface area contributed by atoms with Gasteiger partial charge in [0.1, 0.15) is 0 Å². The average molecular weight is 419 g/mol. The van der Waals surface area contributed by atoms with Gasteiger partial charge in [-0.25, -0.2) is 8.42 Å². The van der Waals surface area contributed by atoms with Gasteiger partial charge < -0.3 is 4.57 Å². The molecular formula is C18H17N3O5S2. The molecule has 0 saturated carbocycles. The van der Waals surface area contributed by atoms with Crippen molar-refractivity contribution in [1.82, 2.24) is 4.57 Å². The first-order valence-electron chi connectivity index (χ1n) is 8.37. The van der Waals surface area contributed by atoms with E-state index >= 15 is 0 Å². The topological polar surface area (TPSA) is 112 Å². The first-order chi connectivity index (χ1) is 13.2. The molecule has 0 saturated heterocycles. The Hall–Kier alpha value is -2.85. The van der Waals surface area contributed by atoms with E-state index in [9.17, 15) is 23.3 Å². The molecule has 0 spiro atoms. The lowest BCUT2D eigenvalue weighted by molar-refractivity contribution is -0.384. The molecule has 1 heterocycles. The molecule has 146 valence electrons. The Morgan fingerprint density at radius 2 is 2.00 bits per heavy atom. The summed E-state index contributed by atoms with van der Waals surface area (Å²) >= 11 is 1.20. The number of carbonyl (C=O) groups is 1. The second-order valence-corrected chi connectivity index (χ2v) is 9.19. The third-order valence-electron chi connectivity index (χ3n) is 4.03. The zero-order valence-electron chi connectivity index (χ0n) is 15.2. The van der Waals surface area contributed by atoms with Gasteiger partial charge in [0.15, 0.2) is 14.6 Å². The van der Waals surface area contributed by atoms with Crippen LogP contribution in [0.2, 0.25) is 0 Å². The Kier molecular flexibility index (Phi) is 5.43. The number of carbonyl (C=O) groups excluding carboxylic acids is 1. The summed E-state index contributed by atoms with van der Waals surface area (Å²) in [5.74, 6) is -0.594. The first-order valence-corrected chi connectivity index (χ1v) is 11.1. The lowest BCUT2D eigenvalue weighted by Gasteiger charge is -2.03. The zero-order chi connectivity index (χ0) is 20.5. The third-order valence-corrected chi connectivity index (χ3v) is 6.18. The van der Waals surface area contributed by atoms with Crippen LogP contribution in [0.4, 0.5) is 5.69 Å². The van der Waals surface area contributed by atoms with Gasteiger partial charge in [0.25, 0.3) is 11.6 Å². The van der Waals surface area contributed by atoms with E-state index in [4.69, 9.17) is 0 Å². The third kappa shape index (κ3) is 4.02. The van der Waals surface area contributed by atoms with E-state index in [1.165, 1.54) is 41.7 Å². The number of amides is 1. The van der Waals surface area contributed by atoms with Crippen molar-refractivity contribution in [3.63, 3.8) is 0 Å². The summed E-state index contributed by atoms with van der Waals surface area (Å²) in [5.41, 5.74) is 0.716. The highest BCUT2D eigenvalue weighted by Crippen LogP contribution is 2.22. The molecule has 0 fully saturated rings. The van der Waals surface area contributed by atoms with Gasteiger partial charge in [-0.05, 0) is 30.7 Å². The largest absolute Gasteiger partial charge is 0.316 e. The van der Waals surface area contributed by atoms with Crippen LogP contribution in [0.1, 0.15) is 23.7 Å². The molecule has 8 nitrogen and oxygen atoms in total. The predicted octanol–water partition coefficient (Wildman–Crippen LogP) is 3.17. The minimum Gasteiger partial charge on any atom is -0.316 e. The molecular weight excluding hydrogens is 402 g/mol. The average Bonchev–Trinajstić information content (AvgIpc) is 2.98. The highest BCUT2D eigenvalue weighted by atomic mass is 32.2. The number of nitro groups is 1. The summed E-state index contributed by atoms with van der Waals surface area (Å²) in [4.78, 5) is 27.7. The predicted molar refractivity (Wildman–Crippen MR) is 106 cm³/mol. The van der Waals surface area contributed by atoms with Crippen LogP contribution >= 0.6 is 11.3 Å². The van der Waals surface area contributed by atoms with Crippen molar-refractivity contribution >= 4 is 43.0 Å². The highest BCUT2D eigenvalue weighted by Gasteiger charge is 2.14. The molecule has 0 aliphatic carbocycles. The van der Waals surface area contributed by atoms with Crippen molar-refractivity contribution < 1.29 is 18.1 Å². The van der Waals surface area contributed by atoms with Crippen molar-refractivity contribution in [3.8, 4) is 0 Å². The minimum atomic E-state index is -3.35. The zero-order valence-corrected chi connectivity index (χ0v) is 16.8. The molecule has 0 N–H and O–H groups in total. The lowest BCUT2D eigenvalue weighted by atomic mass is 10.2. The van der Waals surface area contributed by atoms with Gasteiger partial charge in [-0.15, -0.1) is 0 Å². The second kappa shape index (κ2) is 7.64. The molecule has 3 aromatic rings. The number of hydrogen-bond acceptors (Lipinski definition) is 6. The second-order valence-electron chi connectivity index (χ2n) is 6.16. The number of aryl methyl sites for hydroxylation is 1. The number of non-ortho nitro benzene ring substituents is 1. The van der Waals surface area contributed by atoms with Gasteiger partial charge in [-0.3, -0.25) is 14.9 Å². The van der Waals surface area contributed by atoms with Crippen LogP contribution in [0, 0.1) is 10.1 Å². The molecule has 28 heavy (non-hydrogen) atoms. The summed E-state index contributed by atoms with van der Waals surface area (Å²) in [7, 11) is -3.35. The molecule has 0 radical (unpaired) electrons. The van der Waals surface area contributed by atoms with Crippen molar-refractivity contribution in [3.05, 3.63) is 62.9 Å². The molecule has 3 rings (SSSR count). The van der Waals surface area contributed by atoms with E-state index < -0.39 is 20.7 Å². The monoisotopic (exact) mass is 419 g/mol. The Bertz CT molecular complexity index is 1260. The Morgan fingerprint density at radius 1 is 1.25 bits per heavy atom. The van der Waals surface area contributed by atoms with Gasteiger partial charge >= 0.3 is 0 Å². The van der Waals surface area contributed by atoms with Crippen LogP contribution in [0.15, 0.2) is 52.4 Å². The standard InChI is InChI=1S/C18H17N3O5S2/c1-3-9-20-15-8-7-14(28(2,25)26)11-16(15)27-18(20)19-17(22)12-5-4-6-13(10-12)21(23)24/h4-8,10-11H,3,9H2,1-2H3. The van der Waals surface area contributed by atoms with Crippen LogP contribution in [0.5, 0.6) is 0 Å². The molecule has 1 aromatic heterocycles. The molecule has 0 aliphatic rings. The lowest BCUT2D eigenvalue weighted by Crippen LogP contribution is -2.16. The maximum Gasteiger partial charge on any atom is 0.279 e. The number of rotatable bonds is 5. The van der Waals surface area contributed by atoms with Gasteiger partial charge in [0.05, 0.1) is 20.0 Å². The number of thiazole rings is 1. The van der Waals surface area contributed by atoms with E-state index in [0.717, 1.165) is 18.2 Å². The van der Waals surface area contributed by atoms with Gasteiger partial charge in [-0.2, -0.15) is 4.99 Å². The van der Waals surface area contributed by atoms with Crippen LogP contribution in [0.3, 0.4) is 0 Å². The summed E-state index contributed by atoms with van der Waals surface area (Å²) < 4.78 is 26.2. The van der Waals surface area contributed by atoms with Crippen LogP contribution in [-0.4, -0.2) is 30.1 Å². The van der Waals surface area contributed by atoms with Crippen LogP contribution in [-0.2, 0) is 16.4 Å². The van der Waals surface area contributed by atoms with Crippen LogP contribution in [0.25, 0.3) is 10.2 Å². The number of fused-ring (bicyclic) bond motifs is 1. The van der Waals surface area contributed by atoms with E-state index in [0.29, 0.717) is 16.0 Å². The fraction of sp³-hybridized carbons (Fsp3) is 0.222. The number of nitro benzene ring substituents is 1. The van der Waals surface area contributed by atoms with Crippen molar-refractivity contribution in [1.29, 1.82) is 0 Å². The molecule has 0 atom stereocenters. The molecule has 0 bridgehead atoms. The Labute approximate surface area is 164 Å². The molecule has 0 unspecified atom stereocenters. The Balaban J connectivity index is 2.15. The molecule has 1 amide bonds.